The molecule has 0 aromatic rings. The smallest absolute Gasteiger partial charge is 0.0179 e. The summed E-state index contributed by atoms with van der Waals surface area (Å²) in [6, 6.07) is 0. The van der Waals surface area contributed by atoms with Crippen molar-refractivity contribution in [3.8, 4) is 0 Å². The van der Waals surface area contributed by atoms with Crippen LogP contribution in [0.15, 0.2) is 0 Å². The third-order valence-corrected chi connectivity index (χ3v) is 5.19. The SMILES string of the molecule is CCN1CCC(CCC2(CC)CCCN2)CC1. The first-order valence-electron chi connectivity index (χ1n) is 7.75. The van der Waals surface area contributed by atoms with Gasteiger partial charge in [0.25, 0.3) is 0 Å². The quantitative estimate of drug-likeness (QED) is 0.792. The van der Waals surface area contributed by atoms with E-state index in [4.69, 9.17) is 0 Å². The summed E-state index contributed by atoms with van der Waals surface area (Å²) < 4.78 is 0. The van der Waals surface area contributed by atoms with Crippen molar-refractivity contribution < 1.29 is 0 Å². The lowest BCUT2D eigenvalue weighted by atomic mass is 9.83. The Labute approximate surface area is 107 Å². The summed E-state index contributed by atoms with van der Waals surface area (Å²) >= 11 is 0. The molecule has 2 saturated heterocycles. The first-order valence-corrected chi connectivity index (χ1v) is 7.75. The second-order valence-corrected chi connectivity index (χ2v) is 6.08. The molecule has 100 valence electrons. The van der Waals surface area contributed by atoms with E-state index < -0.39 is 0 Å². The van der Waals surface area contributed by atoms with Gasteiger partial charge >= 0.3 is 0 Å². The van der Waals surface area contributed by atoms with Crippen LogP contribution in [0.4, 0.5) is 0 Å². The van der Waals surface area contributed by atoms with Gasteiger partial charge in [0.05, 0.1) is 0 Å². The molecule has 0 aromatic heterocycles. The zero-order chi connectivity index (χ0) is 12.1. The number of piperidine rings is 1. The molecule has 0 aliphatic carbocycles. The van der Waals surface area contributed by atoms with Crippen LogP contribution >= 0.6 is 0 Å². The molecule has 2 fully saturated rings. The van der Waals surface area contributed by atoms with Crippen molar-refractivity contribution in [3.05, 3.63) is 0 Å². The second-order valence-electron chi connectivity index (χ2n) is 6.08. The van der Waals surface area contributed by atoms with Crippen molar-refractivity contribution in [2.24, 2.45) is 5.92 Å². The van der Waals surface area contributed by atoms with Crippen LogP contribution in [-0.2, 0) is 0 Å². The Morgan fingerprint density at radius 1 is 1.24 bits per heavy atom. The van der Waals surface area contributed by atoms with Gasteiger partial charge in [0.1, 0.15) is 0 Å². The highest BCUT2D eigenvalue weighted by molar-refractivity contribution is 4.92. The zero-order valence-electron chi connectivity index (χ0n) is 11.8. The number of likely N-dealkylation sites (tertiary alicyclic amines) is 1. The Balaban J connectivity index is 1.71. The maximum absolute atomic E-state index is 3.77. The molecule has 1 N–H and O–H groups in total. The summed E-state index contributed by atoms with van der Waals surface area (Å²) in [6.07, 6.45) is 9.88. The summed E-state index contributed by atoms with van der Waals surface area (Å²) in [6.45, 7) is 9.82. The van der Waals surface area contributed by atoms with Gasteiger partial charge in [-0.25, -0.2) is 0 Å². The largest absolute Gasteiger partial charge is 0.311 e. The van der Waals surface area contributed by atoms with Gasteiger partial charge in [-0.1, -0.05) is 13.8 Å². The fraction of sp³-hybridized carbons (Fsp3) is 1.00. The molecule has 17 heavy (non-hydrogen) atoms. The zero-order valence-corrected chi connectivity index (χ0v) is 11.8. The van der Waals surface area contributed by atoms with E-state index >= 15 is 0 Å². The van der Waals surface area contributed by atoms with E-state index in [0.29, 0.717) is 5.54 Å². The molecular formula is C15H30N2. The molecule has 2 aliphatic rings. The van der Waals surface area contributed by atoms with E-state index in [9.17, 15) is 0 Å². The van der Waals surface area contributed by atoms with Gasteiger partial charge in [-0.05, 0) is 77.0 Å². The summed E-state index contributed by atoms with van der Waals surface area (Å²) in [5.41, 5.74) is 0.516. The molecule has 0 radical (unpaired) electrons. The first kappa shape index (κ1) is 13.4. The normalized spacial score (nSPS) is 32.1. The fourth-order valence-electron chi connectivity index (χ4n) is 3.63. The summed E-state index contributed by atoms with van der Waals surface area (Å²) in [5.74, 6) is 1.00. The molecule has 0 aromatic carbocycles. The Bertz CT molecular complexity index is 213. The van der Waals surface area contributed by atoms with Crippen molar-refractivity contribution >= 4 is 0 Å². The minimum atomic E-state index is 0.516. The van der Waals surface area contributed by atoms with Crippen LogP contribution in [0.2, 0.25) is 0 Å². The number of nitrogens with zero attached hydrogens (tertiary/aromatic N) is 1. The van der Waals surface area contributed by atoms with Crippen molar-refractivity contribution in [1.82, 2.24) is 10.2 Å². The van der Waals surface area contributed by atoms with Crippen LogP contribution in [0.25, 0.3) is 0 Å². The molecule has 2 heterocycles. The second kappa shape index (κ2) is 6.19. The molecule has 1 atom stereocenters. The number of hydrogen-bond acceptors (Lipinski definition) is 2. The van der Waals surface area contributed by atoms with Gasteiger partial charge in [-0.3, -0.25) is 0 Å². The molecule has 2 heteroatoms. The highest BCUT2D eigenvalue weighted by Crippen LogP contribution is 2.32. The van der Waals surface area contributed by atoms with Crippen LogP contribution in [0, 0.1) is 5.92 Å². The third-order valence-electron chi connectivity index (χ3n) is 5.19. The average Bonchev–Trinajstić information content (AvgIpc) is 2.86. The van der Waals surface area contributed by atoms with Crippen molar-refractivity contribution in [3.63, 3.8) is 0 Å². The van der Waals surface area contributed by atoms with Gasteiger partial charge < -0.3 is 10.2 Å². The summed E-state index contributed by atoms with van der Waals surface area (Å²) in [4.78, 5) is 2.60. The average molecular weight is 238 g/mol. The highest BCUT2D eigenvalue weighted by atomic mass is 15.1. The predicted octanol–water partition coefficient (Wildman–Crippen LogP) is 3.03. The van der Waals surface area contributed by atoms with Gasteiger partial charge in [-0.2, -0.15) is 0 Å². The van der Waals surface area contributed by atoms with Gasteiger partial charge in [-0.15, -0.1) is 0 Å². The fourth-order valence-corrected chi connectivity index (χ4v) is 3.63. The lowest BCUT2D eigenvalue weighted by molar-refractivity contribution is 0.174. The van der Waals surface area contributed by atoms with Gasteiger partial charge in [0, 0.05) is 5.54 Å². The van der Waals surface area contributed by atoms with Gasteiger partial charge in [0.2, 0.25) is 0 Å². The van der Waals surface area contributed by atoms with Crippen LogP contribution in [0.1, 0.15) is 58.8 Å². The maximum Gasteiger partial charge on any atom is 0.0179 e. The molecular weight excluding hydrogens is 208 g/mol. The molecule has 0 spiro atoms. The van der Waals surface area contributed by atoms with E-state index in [1.165, 1.54) is 71.1 Å². The van der Waals surface area contributed by atoms with Crippen LogP contribution in [0.3, 0.4) is 0 Å². The summed E-state index contributed by atoms with van der Waals surface area (Å²) in [5, 5.41) is 3.77. The molecule has 2 rings (SSSR count). The van der Waals surface area contributed by atoms with E-state index in [-0.39, 0.29) is 0 Å². The summed E-state index contributed by atoms with van der Waals surface area (Å²) in [7, 11) is 0. The Hall–Kier alpha value is -0.0800. The molecule has 0 saturated carbocycles. The Kier molecular flexibility index (Phi) is 4.87. The van der Waals surface area contributed by atoms with Crippen molar-refractivity contribution in [1.29, 1.82) is 0 Å². The predicted molar refractivity (Wildman–Crippen MR) is 74.3 cm³/mol. The van der Waals surface area contributed by atoms with Crippen LogP contribution in [-0.4, -0.2) is 36.6 Å². The van der Waals surface area contributed by atoms with E-state index in [1.807, 2.05) is 0 Å². The monoisotopic (exact) mass is 238 g/mol. The lowest BCUT2D eigenvalue weighted by Crippen LogP contribution is -2.40. The van der Waals surface area contributed by atoms with Crippen molar-refractivity contribution in [2.45, 2.75) is 64.3 Å². The Morgan fingerprint density at radius 3 is 2.53 bits per heavy atom. The van der Waals surface area contributed by atoms with Crippen molar-refractivity contribution in [2.75, 3.05) is 26.2 Å². The molecule has 0 amide bonds. The van der Waals surface area contributed by atoms with E-state index in [1.54, 1.807) is 0 Å². The maximum atomic E-state index is 3.77. The third kappa shape index (κ3) is 3.45. The first-order chi connectivity index (χ1) is 8.28. The van der Waals surface area contributed by atoms with Crippen LogP contribution < -0.4 is 5.32 Å². The number of nitrogens with one attached hydrogen (secondary N) is 1. The highest BCUT2D eigenvalue weighted by Gasteiger charge is 2.32. The van der Waals surface area contributed by atoms with E-state index in [0.717, 1.165) is 5.92 Å². The topological polar surface area (TPSA) is 15.3 Å². The number of rotatable bonds is 5. The lowest BCUT2D eigenvalue weighted by Gasteiger charge is -2.34. The minimum absolute atomic E-state index is 0.516. The molecule has 0 bridgehead atoms. The van der Waals surface area contributed by atoms with Crippen LogP contribution in [0.5, 0.6) is 0 Å². The Morgan fingerprint density at radius 2 is 2.00 bits per heavy atom. The van der Waals surface area contributed by atoms with E-state index in [2.05, 4.69) is 24.1 Å². The minimum Gasteiger partial charge on any atom is -0.311 e. The molecule has 1 unspecified atom stereocenters. The molecule has 2 aliphatic heterocycles. The standard InChI is InChI=1S/C15H30N2/c1-3-15(9-5-11-16-15)10-6-14-7-12-17(4-2)13-8-14/h14,16H,3-13H2,1-2H3. The molecule has 2 nitrogen and oxygen atoms in total. The van der Waals surface area contributed by atoms with Gasteiger partial charge in [0.15, 0.2) is 0 Å². The number of hydrogen-bond donors (Lipinski definition) is 1.